The van der Waals surface area contributed by atoms with Crippen molar-refractivity contribution >= 4 is 41.5 Å². The third-order valence-corrected chi connectivity index (χ3v) is 5.37. The molecule has 0 spiro atoms. The van der Waals surface area contributed by atoms with E-state index in [1.54, 1.807) is 7.11 Å². The van der Waals surface area contributed by atoms with Crippen LogP contribution in [-0.4, -0.2) is 50.1 Å². The molecule has 0 saturated heterocycles. The van der Waals surface area contributed by atoms with Gasteiger partial charge in [0.1, 0.15) is 0 Å². The van der Waals surface area contributed by atoms with Crippen LogP contribution in [0, 0.1) is 0 Å². The Morgan fingerprint density at radius 1 is 1.12 bits per heavy atom. The number of nitrogens with one attached hydrogen (secondary N) is 2. The number of methoxy groups -OCH3 is 1. The van der Waals surface area contributed by atoms with Crippen LogP contribution in [0.15, 0.2) is 47.5 Å². The first-order valence-corrected chi connectivity index (χ1v) is 11.3. The Labute approximate surface area is 214 Å². The van der Waals surface area contributed by atoms with Crippen LogP contribution in [0.2, 0.25) is 0 Å². The van der Waals surface area contributed by atoms with Crippen molar-refractivity contribution in [2.75, 3.05) is 38.7 Å². The van der Waals surface area contributed by atoms with Gasteiger partial charge in [-0.25, -0.2) is 0 Å². The molecule has 180 valence electrons. The number of guanidine groups is 1. The summed E-state index contributed by atoms with van der Waals surface area (Å²) in [6.45, 7) is 7.34. The number of anilines is 1. The molecular weight excluding hydrogens is 531 g/mol. The van der Waals surface area contributed by atoms with Crippen LogP contribution < -0.4 is 20.1 Å². The number of fused-ring (bicyclic) bond motifs is 1. The van der Waals surface area contributed by atoms with Crippen molar-refractivity contribution in [3.8, 4) is 11.5 Å². The van der Waals surface area contributed by atoms with Crippen LogP contribution in [-0.2, 0) is 17.8 Å². The molecule has 1 heterocycles. The van der Waals surface area contributed by atoms with E-state index in [-0.39, 0.29) is 29.9 Å². The van der Waals surface area contributed by atoms with Crippen LogP contribution in [0.25, 0.3) is 0 Å². The second-order valence-electron chi connectivity index (χ2n) is 7.62. The fourth-order valence-electron chi connectivity index (χ4n) is 3.75. The second-order valence-corrected chi connectivity index (χ2v) is 7.62. The molecule has 0 unspecified atom stereocenters. The van der Waals surface area contributed by atoms with Crippen molar-refractivity contribution in [3.05, 3.63) is 53.6 Å². The lowest BCUT2D eigenvalue weighted by molar-refractivity contribution is -0.132. The van der Waals surface area contributed by atoms with E-state index in [2.05, 4.69) is 33.8 Å². The molecule has 0 atom stereocenters. The maximum absolute atomic E-state index is 12.6. The van der Waals surface area contributed by atoms with E-state index in [9.17, 15) is 4.79 Å². The van der Waals surface area contributed by atoms with E-state index >= 15 is 0 Å². The number of ether oxygens (including phenoxy) is 2. The highest BCUT2D eigenvalue weighted by Gasteiger charge is 2.19. The number of carbonyl (C=O) groups excluding carboxylic acids is 1. The molecule has 0 bridgehead atoms. The van der Waals surface area contributed by atoms with Gasteiger partial charge in [0.05, 0.1) is 13.7 Å². The summed E-state index contributed by atoms with van der Waals surface area (Å²) in [5.41, 5.74) is 3.47. The zero-order chi connectivity index (χ0) is 22.8. The predicted octanol–water partition coefficient (Wildman–Crippen LogP) is 4.45. The molecule has 2 aromatic rings. The van der Waals surface area contributed by atoms with Crippen molar-refractivity contribution in [1.82, 2.24) is 10.2 Å². The minimum atomic E-state index is 0. The monoisotopic (exact) mass is 566 g/mol. The van der Waals surface area contributed by atoms with Crippen LogP contribution >= 0.6 is 24.0 Å². The van der Waals surface area contributed by atoms with E-state index in [1.165, 1.54) is 11.1 Å². The summed E-state index contributed by atoms with van der Waals surface area (Å²) in [6.07, 6.45) is 2.14. The SMILES string of the molecule is CCNC(=NCCCC(=O)N1CCc2ccccc2C1)Nc1ccc(OC)c(OCC)c1.I. The number of nitrogens with zero attached hydrogens (tertiary/aromatic N) is 2. The quantitative estimate of drug-likeness (QED) is 0.203. The van der Waals surface area contributed by atoms with Crippen LogP contribution in [0.5, 0.6) is 11.5 Å². The Kier molecular flexibility index (Phi) is 11.3. The van der Waals surface area contributed by atoms with Crippen LogP contribution in [0.4, 0.5) is 5.69 Å². The Hall–Kier alpha value is -2.49. The van der Waals surface area contributed by atoms with Crippen molar-refractivity contribution < 1.29 is 14.3 Å². The molecule has 0 fully saturated rings. The van der Waals surface area contributed by atoms with Crippen molar-refractivity contribution in [2.45, 2.75) is 39.7 Å². The van der Waals surface area contributed by atoms with Gasteiger partial charge in [-0.2, -0.15) is 0 Å². The fraction of sp³-hybridized carbons (Fsp3) is 0.440. The molecule has 0 saturated carbocycles. The molecule has 0 aromatic heterocycles. The van der Waals surface area contributed by atoms with Crippen molar-refractivity contribution in [2.24, 2.45) is 4.99 Å². The first kappa shape index (κ1) is 26.8. The van der Waals surface area contributed by atoms with Gasteiger partial charge in [0.2, 0.25) is 5.91 Å². The summed E-state index contributed by atoms with van der Waals surface area (Å²) in [5, 5.41) is 6.55. The third-order valence-electron chi connectivity index (χ3n) is 5.37. The molecule has 2 aromatic carbocycles. The van der Waals surface area contributed by atoms with E-state index in [0.29, 0.717) is 50.0 Å². The number of amides is 1. The van der Waals surface area contributed by atoms with E-state index in [4.69, 9.17) is 9.47 Å². The molecule has 0 aliphatic carbocycles. The van der Waals surface area contributed by atoms with Crippen LogP contribution in [0.3, 0.4) is 0 Å². The number of halogens is 1. The van der Waals surface area contributed by atoms with Crippen LogP contribution in [0.1, 0.15) is 37.8 Å². The minimum Gasteiger partial charge on any atom is -0.493 e. The van der Waals surface area contributed by atoms with Gasteiger partial charge in [-0.1, -0.05) is 24.3 Å². The summed E-state index contributed by atoms with van der Waals surface area (Å²) in [7, 11) is 1.63. The molecule has 1 aliphatic rings. The molecule has 0 radical (unpaired) electrons. The summed E-state index contributed by atoms with van der Waals surface area (Å²) >= 11 is 0. The largest absolute Gasteiger partial charge is 0.493 e. The molecule has 8 heteroatoms. The highest BCUT2D eigenvalue weighted by atomic mass is 127. The Bertz CT molecular complexity index is 936. The summed E-state index contributed by atoms with van der Waals surface area (Å²) in [5.74, 6) is 2.26. The molecule has 33 heavy (non-hydrogen) atoms. The number of rotatable bonds is 9. The second kappa shape index (κ2) is 13.9. The normalized spacial score (nSPS) is 12.9. The minimum absolute atomic E-state index is 0. The average molecular weight is 566 g/mol. The van der Waals surface area contributed by atoms with Gasteiger partial charge in [-0.15, -0.1) is 24.0 Å². The lowest BCUT2D eigenvalue weighted by Gasteiger charge is -2.28. The van der Waals surface area contributed by atoms with Gasteiger partial charge in [0.15, 0.2) is 17.5 Å². The topological polar surface area (TPSA) is 75.2 Å². The van der Waals surface area contributed by atoms with Crippen molar-refractivity contribution in [1.29, 1.82) is 0 Å². The van der Waals surface area contributed by atoms with Gasteiger partial charge < -0.3 is 25.0 Å². The van der Waals surface area contributed by atoms with E-state index in [0.717, 1.165) is 25.2 Å². The number of benzene rings is 2. The lowest BCUT2D eigenvalue weighted by atomic mass is 9.99. The predicted molar refractivity (Wildman–Crippen MR) is 144 cm³/mol. The maximum atomic E-state index is 12.6. The van der Waals surface area contributed by atoms with E-state index < -0.39 is 0 Å². The van der Waals surface area contributed by atoms with Crippen molar-refractivity contribution in [3.63, 3.8) is 0 Å². The maximum Gasteiger partial charge on any atom is 0.222 e. The zero-order valence-corrected chi connectivity index (χ0v) is 22.1. The number of hydrogen-bond acceptors (Lipinski definition) is 4. The Balaban J connectivity index is 0.00000385. The Morgan fingerprint density at radius 3 is 2.64 bits per heavy atom. The van der Waals surface area contributed by atoms with Gasteiger partial charge in [0.25, 0.3) is 0 Å². The first-order chi connectivity index (χ1) is 15.6. The summed E-state index contributed by atoms with van der Waals surface area (Å²) < 4.78 is 11.0. The molecule has 7 nitrogen and oxygen atoms in total. The lowest BCUT2D eigenvalue weighted by Crippen LogP contribution is -2.35. The molecule has 1 amide bonds. The average Bonchev–Trinajstić information content (AvgIpc) is 2.82. The third kappa shape index (κ3) is 7.80. The zero-order valence-electron chi connectivity index (χ0n) is 19.7. The summed E-state index contributed by atoms with van der Waals surface area (Å²) in [6, 6.07) is 14.1. The van der Waals surface area contributed by atoms with Gasteiger partial charge in [-0.3, -0.25) is 9.79 Å². The number of aliphatic imine (C=N–C) groups is 1. The molecule has 1 aliphatic heterocycles. The molecular formula is C25H35IN4O3. The number of hydrogen-bond donors (Lipinski definition) is 2. The van der Waals surface area contributed by atoms with Gasteiger partial charge >= 0.3 is 0 Å². The van der Waals surface area contributed by atoms with Gasteiger partial charge in [0, 0.05) is 44.4 Å². The number of carbonyl (C=O) groups is 1. The first-order valence-electron chi connectivity index (χ1n) is 11.3. The Morgan fingerprint density at radius 2 is 1.91 bits per heavy atom. The highest BCUT2D eigenvalue weighted by molar-refractivity contribution is 14.0. The van der Waals surface area contributed by atoms with Gasteiger partial charge in [-0.05, 0) is 49.9 Å². The summed E-state index contributed by atoms with van der Waals surface area (Å²) in [4.78, 5) is 19.2. The smallest absolute Gasteiger partial charge is 0.222 e. The molecule has 3 rings (SSSR count). The molecule has 2 N–H and O–H groups in total. The van der Waals surface area contributed by atoms with E-state index in [1.807, 2.05) is 43.0 Å². The fourth-order valence-corrected chi connectivity index (χ4v) is 3.75. The highest BCUT2D eigenvalue weighted by Crippen LogP contribution is 2.30. The standard InChI is InChI=1S/C25H34N4O3.HI/c1-4-26-25(28-21-12-13-22(31-3)23(17-21)32-5-2)27-15-8-11-24(30)29-16-14-19-9-6-7-10-20(19)18-29;/h6-7,9-10,12-13,17H,4-5,8,11,14-16,18H2,1-3H3,(H2,26,27,28);1H.